The molecule has 0 aromatic carbocycles. The Morgan fingerprint density at radius 1 is 0.769 bits per heavy atom. The predicted molar refractivity (Wildman–Crippen MR) is 56.6 cm³/mol. The fourth-order valence-corrected chi connectivity index (χ4v) is 0. The van der Waals surface area contributed by atoms with Crippen LogP contribution in [0.5, 0.6) is 0 Å². The van der Waals surface area contributed by atoms with Gasteiger partial charge in [0.05, 0.1) is 0 Å². The first-order chi connectivity index (χ1) is 5.97. The molecule has 0 fully saturated rings. The molecule has 0 bridgehead atoms. The second-order valence-corrected chi connectivity index (χ2v) is 1.57. The van der Waals surface area contributed by atoms with E-state index in [0.29, 0.717) is 0 Å². The Bertz CT molecular complexity index is 44.6. The maximum absolute atomic E-state index is 7.17. The van der Waals surface area contributed by atoms with Gasteiger partial charge in [-0.25, -0.2) is 0 Å². The molecule has 0 unspecified atom stereocenters. The summed E-state index contributed by atoms with van der Waals surface area (Å²) in [4.78, 5) is 0. The van der Waals surface area contributed by atoms with Crippen LogP contribution in [0.3, 0.4) is 0 Å². The van der Waals surface area contributed by atoms with Gasteiger partial charge in [-0.1, -0.05) is 20.8 Å². The van der Waals surface area contributed by atoms with E-state index in [-0.39, 0.29) is 0 Å². The molecule has 7 heteroatoms. The number of hydrogen-bond donors (Lipinski definition) is 6. The zero-order valence-corrected chi connectivity index (χ0v) is 8.77. The van der Waals surface area contributed by atoms with E-state index in [0.717, 1.165) is 19.6 Å². The third-order valence-electron chi connectivity index (χ3n) is 0. The molecule has 0 spiro atoms. The molecular formula is C6H24BN3O3. The topological polar surface area (TPSA) is 139 Å². The molecule has 84 valence electrons. The first-order valence-corrected chi connectivity index (χ1v) is 4.12. The molecule has 0 saturated heterocycles. The highest BCUT2D eigenvalue weighted by molar-refractivity contribution is 6.30. The van der Waals surface area contributed by atoms with E-state index in [1.807, 2.05) is 20.8 Å². The number of hydrogen-bond acceptors (Lipinski definition) is 6. The second kappa shape index (κ2) is 40.8. The van der Waals surface area contributed by atoms with E-state index < -0.39 is 7.32 Å². The van der Waals surface area contributed by atoms with Crippen molar-refractivity contribution in [3.8, 4) is 0 Å². The number of nitrogens with two attached hydrogens (primary N) is 3. The van der Waals surface area contributed by atoms with Gasteiger partial charge in [-0.3, -0.25) is 0 Å². The quantitative estimate of drug-likeness (QED) is 0.244. The van der Waals surface area contributed by atoms with Crippen LogP contribution in [0.15, 0.2) is 0 Å². The Kier molecular flexibility index (Phi) is 72.3. The van der Waals surface area contributed by atoms with Gasteiger partial charge < -0.3 is 32.3 Å². The Balaban J connectivity index is -0.0000000420. The Labute approximate surface area is 80.9 Å². The molecule has 0 aliphatic heterocycles. The molecule has 0 saturated carbocycles. The lowest BCUT2D eigenvalue weighted by Gasteiger charge is -1.69. The summed E-state index contributed by atoms with van der Waals surface area (Å²) in [6, 6.07) is 0. The standard InChI is InChI=1S/3C2H7N.BH3O3/c3*1-2-3;2-1(3)4/h3*2-3H2,1H3;2-4H. The minimum Gasteiger partial charge on any atom is -0.402 e. The summed E-state index contributed by atoms with van der Waals surface area (Å²) < 4.78 is 0. The van der Waals surface area contributed by atoms with E-state index >= 15 is 0 Å². The molecule has 0 aliphatic carbocycles. The fourth-order valence-electron chi connectivity index (χ4n) is 0. The van der Waals surface area contributed by atoms with Crippen LogP contribution in [0.4, 0.5) is 0 Å². The van der Waals surface area contributed by atoms with E-state index in [9.17, 15) is 0 Å². The zero-order chi connectivity index (χ0) is 11.7. The highest BCUT2D eigenvalue weighted by Gasteiger charge is 1.92. The molecule has 9 N–H and O–H groups in total. The summed E-state index contributed by atoms with van der Waals surface area (Å²) in [5, 5.41) is 21.5. The lowest BCUT2D eigenvalue weighted by Crippen LogP contribution is -2.07. The van der Waals surface area contributed by atoms with E-state index in [1.54, 1.807) is 0 Å². The molecular weight excluding hydrogens is 173 g/mol. The average molecular weight is 197 g/mol. The van der Waals surface area contributed by atoms with Gasteiger partial charge in [-0.05, 0) is 19.6 Å². The van der Waals surface area contributed by atoms with Gasteiger partial charge in [0, 0.05) is 0 Å². The molecule has 0 heterocycles. The number of rotatable bonds is 0. The van der Waals surface area contributed by atoms with Gasteiger partial charge in [-0.15, -0.1) is 0 Å². The van der Waals surface area contributed by atoms with E-state index in [4.69, 9.17) is 32.3 Å². The molecule has 0 atom stereocenters. The van der Waals surface area contributed by atoms with Crippen molar-refractivity contribution in [2.24, 2.45) is 17.2 Å². The van der Waals surface area contributed by atoms with Crippen LogP contribution in [0.1, 0.15) is 20.8 Å². The summed E-state index contributed by atoms with van der Waals surface area (Å²) in [5.41, 5.74) is 14.5. The lowest BCUT2D eigenvalue weighted by molar-refractivity contribution is 0.278. The van der Waals surface area contributed by atoms with Gasteiger partial charge >= 0.3 is 7.32 Å². The molecule has 13 heavy (non-hydrogen) atoms. The van der Waals surface area contributed by atoms with Crippen LogP contribution < -0.4 is 17.2 Å². The lowest BCUT2D eigenvalue weighted by atomic mass is 10.3. The summed E-state index contributed by atoms with van der Waals surface area (Å²) in [5.74, 6) is 0. The van der Waals surface area contributed by atoms with Crippen molar-refractivity contribution in [2.75, 3.05) is 19.6 Å². The van der Waals surface area contributed by atoms with Gasteiger partial charge in [0.25, 0.3) is 0 Å². The molecule has 0 radical (unpaired) electrons. The van der Waals surface area contributed by atoms with Gasteiger partial charge in [-0.2, -0.15) is 0 Å². The maximum Gasteiger partial charge on any atom is 0.631 e. The molecule has 0 aromatic heterocycles. The molecule has 0 rings (SSSR count). The summed E-state index contributed by atoms with van der Waals surface area (Å²) in [6.07, 6.45) is 0. The van der Waals surface area contributed by atoms with Gasteiger partial charge in [0.1, 0.15) is 0 Å². The van der Waals surface area contributed by atoms with Crippen molar-refractivity contribution in [1.82, 2.24) is 0 Å². The Morgan fingerprint density at radius 3 is 0.769 bits per heavy atom. The summed E-state index contributed by atoms with van der Waals surface area (Å²) >= 11 is 0. The van der Waals surface area contributed by atoms with E-state index in [1.165, 1.54) is 0 Å². The minimum absolute atomic E-state index is 0.750. The van der Waals surface area contributed by atoms with E-state index in [2.05, 4.69) is 0 Å². The first-order valence-electron chi connectivity index (χ1n) is 4.12. The van der Waals surface area contributed by atoms with Gasteiger partial charge in [0.2, 0.25) is 0 Å². The van der Waals surface area contributed by atoms with Crippen molar-refractivity contribution < 1.29 is 15.1 Å². The van der Waals surface area contributed by atoms with Crippen molar-refractivity contribution >= 4 is 7.32 Å². The van der Waals surface area contributed by atoms with Crippen molar-refractivity contribution in [3.63, 3.8) is 0 Å². The first kappa shape index (κ1) is 23.0. The molecule has 0 amide bonds. The molecule has 0 aliphatic rings. The summed E-state index contributed by atoms with van der Waals surface area (Å²) in [7, 11) is -2.17. The van der Waals surface area contributed by atoms with Crippen molar-refractivity contribution in [1.29, 1.82) is 0 Å². The van der Waals surface area contributed by atoms with Crippen LogP contribution in [0.2, 0.25) is 0 Å². The van der Waals surface area contributed by atoms with Crippen LogP contribution in [0, 0.1) is 0 Å². The van der Waals surface area contributed by atoms with Gasteiger partial charge in [0.15, 0.2) is 0 Å². The minimum atomic E-state index is -2.17. The van der Waals surface area contributed by atoms with Crippen LogP contribution >= 0.6 is 0 Å². The molecule has 6 nitrogen and oxygen atoms in total. The normalized spacial score (nSPS) is 6.23. The van der Waals surface area contributed by atoms with Crippen LogP contribution in [-0.2, 0) is 0 Å². The maximum atomic E-state index is 7.17. The van der Waals surface area contributed by atoms with Crippen LogP contribution in [-0.4, -0.2) is 42.0 Å². The second-order valence-electron chi connectivity index (χ2n) is 1.57. The fraction of sp³-hybridized carbons (Fsp3) is 1.00. The largest absolute Gasteiger partial charge is 0.631 e. The summed E-state index contributed by atoms with van der Waals surface area (Å²) in [6.45, 7) is 7.96. The van der Waals surface area contributed by atoms with Crippen molar-refractivity contribution in [3.05, 3.63) is 0 Å². The SMILES string of the molecule is CCN.CCN.CCN.OB(O)O. The smallest absolute Gasteiger partial charge is 0.402 e. The monoisotopic (exact) mass is 197 g/mol. The van der Waals surface area contributed by atoms with Crippen LogP contribution in [0.25, 0.3) is 0 Å². The highest BCUT2D eigenvalue weighted by atomic mass is 16.5. The van der Waals surface area contributed by atoms with Crippen molar-refractivity contribution in [2.45, 2.75) is 20.8 Å². The Hall–Kier alpha value is -0.175. The average Bonchev–Trinajstić information content (AvgIpc) is 1.88. The predicted octanol–water partition coefficient (Wildman–Crippen LogP) is -2.16. The Morgan fingerprint density at radius 2 is 0.769 bits per heavy atom. The molecule has 0 aromatic rings. The third-order valence-corrected chi connectivity index (χ3v) is 0. The zero-order valence-electron chi connectivity index (χ0n) is 8.77. The third kappa shape index (κ3) is 37200. The highest BCUT2D eigenvalue weighted by Crippen LogP contribution is 1.40.